The SMILES string of the molecule is CCSCC1(C(=O)O)CC(O)C1. The van der Waals surface area contributed by atoms with Gasteiger partial charge >= 0.3 is 5.97 Å². The normalized spacial score (nSPS) is 34.3. The van der Waals surface area contributed by atoms with Gasteiger partial charge in [-0.1, -0.05) is 6.92 Å². The molecule has 0 radical (unpaired) electrons. The Balaban J connectivity index is 2.45. The predicted molar refractivity (Wildman–Crippen MR) is 48.3 cm³/mol. The second-order valence-corrected chi connectivity index (χ2v) is 4.56. The number of carboxylic acids is 1. The van der Waals surface area contributed by atoms with Crippen molar-refractivity contribution in [1.29, 1.82) is 0 Å². The standard InChI is InChI=1S/C8H14O3S/c1-2-12-5-8(7(10)11)3-6(9)4-8/h6,9H,2-5H2,1H3,(H,10,11). The zero-order valence-corrected chi connectivity index (χ0v) is 7.93. The maximum absolute atomic E-state index is 10.8. The van der Waals surface area contributed by atoms with Crippen molar-refractivity contribution in [3.63, 3.8) is 0 Å². The number of carboxylic acid groups (broad SMARTS) is 1. The van der Waals surface area contributed by atoms with E-state index < -0.39 is 17.5 Å². The van der Waals surface area contributed by atoms with Crippen molar-refractivity contribution in [2.24, 2.45) is 5.41 Å². The molecule has 0 heterocycles. The first kappa shape index (κ1) is 9.86. The number of hydrogen-bond donors (Lipinski definition) is 2. The number of thioether (sulfide) groups is 1. The van der Waals surface area contributed by atoms with Crippen molar-refractivity contribution < 1.29 is 15.0 Å². The molecule has 1 aliphatic carbocycles. The molecular weight excluding hydrogens is 176 g/mol. The largest absolute Gasteiger partial charge is 0.481 e. The second kappa shape index (κ2) is 3.66. The van der Waals surface area contributed by atoms with Crippen molar-refractivity contribution in [1.82, 2.24) is 0 Å². The van der Waals surface area contributed by atoms with Gasteiger partial charge in [-0.2, -0.15) is 11.8 Å². The lowest BCUT2D eigenvalue weighted by Crippen LogP contribution is -2.48. The van der Waals surface area contributed by atoms with Gasteiger partial charge in [-0.3, -0.25) is 4.79 Å². The van der Waals surface area contributed by atoms with Crippen LogP contribution in [-0.4, -0.2) is 33.8 Å². The summed E-state index contributed by atoms with van der Waals surface area (Å²) in [5, 5.41) is 18.0. The van der Waals surface area contributed by atoms with Crippen LogP contribution in [0.1, 0.15) is 19.8 Å². The fourth-order valence-electron chi connectivity index (χ4n) is 1.49. The quantitative estimate of drug-likeness (QED) is 0.693. The number of aliphatic hydroxyl groups is 1. The van der Waals surface area contributed by atoms with Crippen molar-refractivity contribution in [2.75, 3.05) is 11.5 Å². The molecule has 0 aliphatic heterocycles. The third kappa shape index (κ3) is 1.75. The minimum absolute atomic E-state index is 0.390. The first-order valence-corrected chi connectivity index (χ1v) is 5.25. The molecular formula is C8H14O3S. The molecule has 70 valence electrons. The average molecular weight is 190 g/mol. The van der Waals surface area contributed by atoms with Crippen molar-refractivity contribution >= 4 is 17.7 Å². The second-order valence-electron chi connectivity index (χ2n) is 3.28. The third-order valence-corrected chi connectivity index (χ3v) is 3.45. The van der Waals surface area contributed by atoms with Gasteiger partial charge in [0.15, 0.2) is 0 Å². The van der Waals surface area contributed by atoms with Crippen LogP contribution >= 0.6 is 11.8 Å². The molecule has 0 aromatic heterocycles. The van der Waals surface area contributed by atoms with Gasteiger partial charge in [0.25, 0.3) is 0 Å². The monoisotopic (exact) mass is 190 g/mol. The maximum atomic E-state index is 10.8. The fraction of sp³-hybridized carbons (Fsp3) is 0.875. The Morgan fingerprint density at radius 1 is 1.67 bits per heavy atom. The summed E-state index contributed by atoms with van der Waals surface area (Å²) in [6.07, 6.45) is 0.462. The molecule has 0 spiro atoms. The van der Waals surface area contributed by atoms with Crippen LogP contribution in [-0.2, 0) is 4.79 Å². The van der Waals surface area contributed by atoms with Crippen LogP contribution in [0.25, 0.3) is 0 Å². The molecule has 2 N–H and O–H groups in total. The molecule has 12 heavy (non-hydrogen) atoms. The lowest BCUT2D eigenvalue weighted by atomic mass is 9.68. The Hall–Kier alpha value is -0.220. The molecule has 4 heteroatoms. The summed E-state index contributed by atoms with van der Waals surface area (Å²) in [5.74, 6) is 0.815. The third-order valence-electron chi connectivity index (χ3n) is 2.29. The van der Waals surface area contributed by atoms with Gasteiger partial charge in [-0.15, -0.1) is 0 Å². The van der Waals surface area contributed by atoms with E-state index in [1.807, 2.05) is 6.92 Å². The highest BCUT2D eigenvalue weighted by molar-refractivity contribution is 7.99. The summed E-state index contributed by atoms with van der Waals surface area (Å²) in [5.41, 5.74) is -0.625. The van der Waals surface area contributed by atoms with Crippen LogP contribution in [0.4, 0.5) is 0 Å². The molecule has 0 amide bonds. The summed E-state index contributed by atoms with van der Waals surface area (Å²) >= 11 is 1.63. The lowest BCUT2D eigenvalue weighted by molar-refractivity contribution is -0.159. The van der Waals surface area contributed by atoms with E-state index in [2.05, 4.69) is 0 Å². The van der Waals surface area contributed by atoms with Gasteiger partial charge in [-0.05, 0) is 18.6 Å². The van der Waals surface area contributed by atoms with Crippen LogP contribution in [0.2, 0.25) is 0 Å². The topological polar surface area (TPSA) is 57.5 Å². The summed E-state index contributed by atoms with van der Waals surface area (Å²) in [6.45, 7) is 2.01. The van der Waals surface area contributed by atoms with Crippen LogP contribution < -0.4 is 0 Å². The number of hydrogen-bond acceptors (Lipinski definition) is 3. The van der Waals surface area contributed by atoms with Crippen molar-refractivity contribution in [3.8, 4) is 0 Å². The Labute approximate surface area is 76.2 Å². The van der Waals surface area contributed by atoms with Gasteiger partial charge in [0.1, 0.15) is 0 Å². The van der Waals surface area contributed by atoms with Crippen LogP contribution in [0.3, 0.4) is 0 Å². The smallest absolute Gasteiger partial charge is 0.310 e. The molecule has 1 fully saturated rings. The molecule has 0 aromatic rings. The lowest BCUT2D eigenvalue weighted by Gasteiger charge is -2.41. The van der Waals surface area contributed by atoms with E-state index in [1.54, 1.807) is 11.8 Å². The zero-order valence-electron chi connectivity index (χ0n) is 7.12. The summed E-state index contributed by atoms with van der Waals surface area (Å²) in [7, 11) is 0. The highest BCUT2D eigenvalue weighted by atomic mass is 32.2. The first-order valence-electron chi connectivity index (χ1n) is 4.10. The maximum Gasteiger partial charge on any atom is 0.310 e. The number of rotatable bonds is 4. The van der Waals surface area contributed by atoms with E-state index in [-0.39, 0.29) is 0 Å². The Bertz CT molecular complexity index is 175. The average Bonchev–Trinajstić information content (AvgIpc) is 1.95. The van der Waals surface area contributed by atoms with Crippen molar-refractivity contribution in [2.45, 2.75) is 25.9 Å². The minimum atomic E-state index is -0.756. The summed E-state index contributed by atoms with van der Waals surface area (Å²) in [4.78, 5) is 10.8. The number of aliphatic carboxylic acids is 1. The Morgan fingerprint density at radius 3 is 2.58 bits per heavy atom. The van der Waals surface area contributed by atoms with E-state index in [0.717, 1.165) is 5.75 Å². The highest BCUT2D eigenvalue weighted by Gasteiger charge is 2.49. The van der Waals surface area contributed by atoms with Crippen LogP contribution in [0.5, 0.6) is 0 Å². The first-order chi connectivity index (χ1) is 5.60. The van der Waals surface area contributed by atoms with E-state index >= 15 is 0 Å². The molecule has 0 aromatic carbocycles. The number of aliphatic hydroxyl groups excluding tert-OH is 1. The summed E-state index contributed by atoms with van der Waals surface area (Å²) < 4.78 is 0. The molecule has 1 saturated carbocycles. The molecule has 0 unspecified atom stereocenters. The molecule has 0 bridgehead atoms. The Kier molecular flexibility index (Phi) is 3.01. The van der Waals surface area contributed by atoms with E-state index in [4.69, 9.17) is 10.2 Å². The molecule has 0 saturated heterocycles. The summed E-state index contributed by atoms with van der Waals surface area (Å²) in [6, 6.07) is 0. The van der Waals surface area contributed by atoms with Gasteiger partial charge in [-0.25, -0.2) is 0 Å². The highest BCUT2D eigenvalue weighted by Crippen LogP contribution is 2.43. The molecule has 1 rings (SSSR count). The van der Waals surface area contributed by atoms with E-state index in [0.29, 0.717) is 18.6 Å². The van der Waals surface area contributed by atoms with E-state index in [1.165, 1.54) is 0 Å². The van der Waals surface area contributed by atoms with Gasteiger partial charge < -0.3 is 10.2 Å². The van der Waals surface area contributed by atoms with Crippen LogP contribution in [0, 0.1) is 5.41 Å². The van der Waals surface area contributed by atoms with Gasteiger partial charge in [0, 0.05) is 5.75 Å². The molecule has 1 aliphatic rings. The van der Waals surface area contributed by atoms with Crippen LogP contribution in [0.15, 0.2) is 0 Å². The van der Waals surface area contributed by atoms with Gasteiger partial charge in [0.05, 0.1) is 11.5 Å². The van der Waals surface area contributed by atoms with Crippen molar-refractivity contribution in [3.05, 3.63) is 0 Å². The minimum Gasteiger partial charge on any atom is -0.481 e. The Morgan fingerprint density at radius 2 is 2.25 bits per heavy atom. The van der Waals surface area contributed by atoms with E-state index in [9.17, 15) is 4.79 Å². The molecule has 3 nitrogen and oxygen atoms in total. The fourth-order valence-corrected chi connectivity index (χ4v) is 2.45. The van der Waals surface area contributed by atoms with Gasteiger partial charge in [0.2, 0.25) is 0 Å². The number of carbonyl (C=O) groups is 1. The molecule has 0 atom stereocenters. The predicted octanol–water partition coefficient (Wildman–Crippen LogP) is 0.965. The zero-order chi connectivity index (χ0) is 9.19.